The van der Waals surface area contributed by atoms with Gasteiger partial charge in [0.1, 0.15) is 37.1 Å². The number of hydrogen-bond donors (Lipinski definition) is 0. The minimum absolute atomic E-state index is 0.243. The van der Waals surface area contributed by atoms with Crippen LogP contribution in [0.25, 0.3) is 0 Å². The minimum atomic E-state index is -0.718. The molecule has 0 N–H and O–H groups in total. The van der Waals surface area contributed by atoms with Gasteiger partial charge in [0.05, 0.1) is 13.1 Å². The van der Waals surface area contributed by atoms with E-state index in [0.29, 0.717) is 22.0 Å². The molecule has 0 radical (unpaired) electrons. The average Bonchev–Trinajstić information content (AvgIpc) is 3.40. The number of aromatic nitrogens is 2. The third-order valence-corrected chi connectivity index (χ3v) is 6.60. The van der Waals surface area contributed by atoms with Crippen LogP contribution in [0.4, 0.5) is 0 Å². The molecule has 0 aromatic carbocycles. The number of guanidine groups is 2. The lowest BCUT2D eigenvalue weighted by molar-refractivity contribution is -0.486. The van der Waals surface area contributed by atoms with Crippen molar-refractivity contribution < 1.29 is 19.5 Å². The Kier molecular flexibility index (Phi) is 9.90. The van der Waals surface area contributed by atoms with E-state index in [1.807, 2.05) is 0 Å². The molecule has 16 nitrogen and oxygen atoms in total. The van der Waals surface area contributed by atoms with Gasteiger partial charge in [0.2, 0.25) is 0 Å². The highest BCUT2D eigenvalue weighted by Crippen LogP contribution is 2.22. The summed E-state index contributed by atoms with van der Waals surface area (Å²) in [4.78, 5) is 37.0. The van der Waals surface area contributed by atoms with Gasteiger partial charge >= 0.3 is 0 Å². The Morgan fingerprint density at radius 3 is 1.56 bits per heavy atom. The van der Waals surface area contributed by atoms with Crippen LogP contribution >= 0.6 is 45.9 Å². The second-order valence-corrected chi connectivity index (χ2v) is 10.5. The monoisotopic (exact) mass is 582 g/mol. The molecule has 0 aliphatic carbocycles. The Bertz CT molecular complexity index is 1040. The fourth-order valence-electron chi connectivity index (χ4n) is 3.04. The van der Waals surface area contributed by atoms with Crippen LogP contribution in [0.1, 0.15) is 9.75 Å². The van der Waals surface area contributed by atoms with Gasteiger partial charge in [-0.25, -0.2) is 30.2 Å². The van der Waals surface area contributed by atoms with Gasteiger partial charge in [-0.1, -0.05) is 23.2 Å². The molecule has 36 heavy (non-hydrogen) atoms. The number of halogens is 2. The molecule has 196 valence electrons. The molecule has 0 spiro atoms. The molecule has 2 aromatic heterocycles. The van der Waals surface area contributed by atoms with E-state index in [1.165, 1.54) is 22.7 Å². The third kappa shape index (κ3) is 8.07. The van der Waals surface area contributed by atoms with Gasteiger partial charge in [0.15, 0.2) is 19.0 Å². The van der Waals surface area contributed by atoms with E-state index in [0.717, 1.165) is 9.75 Å². The summed E-state index contributed by atoms with van der Waals surface area (Å²) >= 11 is 14.1. The standard InChI is InChI=1S/2C8H10ClN5O3S/c2*1-12-4-17-5-13(8(12)11-14(15)16)3-6-2-10-7(9)18-6/h2*2H,3-5H2,1H3/b2*11-8+. The number of hydrazone groups is 2. The molecule has 2 saturated heterocycles. The molecular formula is C16H20Cl2N10O6S2. The van der Waals surface area contributed by atoms with Crippen molar-refractivity contribution in [1.82, 2.24) is 29.6 Å². The van der Waals surface area contributed by atoms with Gasteiger partial charge < -0.3 is 29.1 Å². The van der Waals surface area contributed by atoms with Crippen LogP contribution in [0.2, 0.25) is 8.93 Å². The van der Waals surface area contributed by atoms with Crippen molar-refractivity contribution in [2.75, 3.05) is 41.0 Å². The van der Waals surface area contributed by atoms with Gasteiger partial charge in [-0.2, -0.15) is 0 Å². The van der Waals surface area contributed by atoms with Crippen LogP contribution in [-0.4, -0.2) is 92.6 Å². The zero-order valence-electron chi connectivity index (χ0n) is 18.9. The highest BCUT2D eigenvalue weighted by molar-refractivity contribution is 7.16. The molecule has 2 fully saturated rings. The van der Waals surface area contributed by atoms with Crippen molar-refractivity contribution in [2.45, 2.75) is 13.1 Å². The Morgan fingerprint density at radius 1 is 0.861 bits per heavy atom. The van der Waals surface area contributed by atoms with Crippen LogP contribution < -0.4 is 0 Å². The maximum Gasteiger partial charge on any atom is 0.277 e. The average molecular weight is 583 g/mol. The lowest BCUT2D eigenvalue weighted by Gasteiger charge is -2.34. The fourth-order valence-corrected chi connectivity index (χ4v) is 5.02. The van der Waals surface area contributed by atoms with Crippen molar-refractivity contribution in [1.29, 1.82) is 0 Å². The summed E-state index contributed by atoms with van der Waals surface area (Å²) in [7, 11) is 3.35. The van der Waals surface area contributed by atoms with E-state index >= 15 is 0 Å². The second kappa shape index (κ2) is 12.9. The summed E-state index contributed by atoms with van der Waals surface area (Å²) in [5.41, 5.74) is 0. The highest BCUT2D eigenvalue weighted by atomic mass is 35.5. The lowest BCUT2D eigenvalue weighted by Crippen LogP contribution is -2.49. The first-order chi connectivity index (χ1) is 17.1. The third-order valence-electron chi connectivity index (χ3n) is 4.40. The molecule has 2 aromatic rings. The van der Waals surface area contributed by atoms with Crippen molar-refractivity contribution in [2.24, 2.45) is 10.2 Å². The number of nitrogens with zero attached hydrogens (tertiary/aromatic N) is 10. The van der Waals surface area contributed by atoms with Gasteiger partial charge in [-0.05, 0) is 0 Å². The number of hydrogen-bond acceptors (Lipinski definition) is 10. The van der Waals surface area contributed by atoms with E-state index in [-0.39, 0.29) is 38.8 Å². The maximum atomic E-state index is 10.5. The topological polar surface area (TPSA) is 168 Å². The minimum Gasteiger partial charge on any atom is -0.341 e. The Hall–Kier alpha value is -2.90. The summed E-state index contributed by atoms with van der Waals surface area (Å²) in [6.45, 7) is 1.86. The van der Waals surface area contributed by atoms with Gasteiger partial charge in [-0.3, -0.25) is 0 Å². The van der Waals surface area contributed by atoms with Crippen LogP contribution in [0.15, 0.2) is 22.6 Å². The molecule has 0 unspecified atom stereocenters. The predicted molar refractivity (Wildman–Crippen MR) is 131 cm³/mol. The molecule has 0 saturated carbocycles. The van der Waals surface area contributed by atoms with Gasteiger partial charge in [-0.15, -0.1) is 22.7 Å². The van der Waals surface area contributed by atoms with Gasteiger partial charge in [0.25, 0.3) is 11.9 Å². The van der Waals surface area contributed by atoms with Crippen molar-refractivity contribution >= 4 is 57.8 Å². The molecule has 20 heteroatoms. The summed E-state index contributed by atoms with van der Waals surface area (Å²) in [5.74, 6) is 0.520. The Morgan fingerprint density at radius 2 is 1.25 bits per heavy atom. The molecule has 0 atom stereocenters. The van der Waals surface area contributed by atoms with E-state index in [4.69, 9.17) is 32.7 Å². The van der Waals surface area contributed by atoms with Crippen molar-refractivity contribution in [3.63, 3.8) is 0 Å². The molecule has 0 amide bonds. The van der Waals surface area contributed by atoms with E-state index < -0.39 is 10.1 Å². The van der Waals surface area contributed by atoms with E-state index in [2.05, 4.69) is 20.2 Å². The van der Waals surface area contributed by atoms with Crippen LogP contribution in [0, 0.1) is 20.2 Å². The van der Waals surface area contributed by atoms with Crippen LogP contribution in [0.5, 0.6) is 0 Å². The Balaban J connectivity index is 0.000000201. The molecule has 2 aliphatic rings. The first kappa shape index (κ1) is 27.7. The number of ether oxygens (including phenoxy) is 2. The van der Waals surface area contributed by atoms with Gasteiger partial charge in [0, 0.05) is 36.2 Å². The number of rotatable bonds is 6. The Labute approximate surface area is 222 Å². The fraction of sp³-hybridized carbons (Fsp3) is 0.500. The molecule has 2 aliphatic heterocycles. The second-order valence-electron chi connectivity index (χ2n) is 7.15. The molecule has 0 bridgehead atoms. The lowest BCUT2D eigenvalue weighted by atomic mass is 10.5. The molecule has 4 heterocycles. The number of nitro groups is 2. The first-order valence-corrected chi connectivity index (χ1v) is 12.2. The summed E-state index contributed by atoms with van der Waals surface area (Å²) in [6, 6.07) is 0. The summed E-state index contributed by atoms with van der Waals surface area (Å²) in [5, 5.41) is 26.3. The zero-order valence-corrected chi connectivity index (χ0v) is 22.0. The normalized spacial score (nSPS) is 18.4. The number of thiazole rings is 2. The first-order valence-electron chi connectivity index (χ1n) is 9.86. The van der Waals surface area contributed by atoms with Crippen molar-refractivity contribution in [3.05, 3.63) is 51.3 Å². The maximum absolute atomic E-state index is 10.5. The molecular weight excluding hydrogens is 563 g/mol. The van der Waals surface area contributed by atoms with E-state index in [1.54, 1.807) is 46.1 Å². The smallest absolute Gasteiger partial charge is 0.277 e. The van der Waals surface area contributed by atoms with Crippen LogP contribution in [-0.2, 0) is 22.6 Å². The quantitative estimate of drug-likeness (QED) is 0.359. The predicted octanol–water partition coefficient (Wildman–Crippen LogP) is 2.05. The highest BCUT2D eigenvalue weighted by Gasteiger charge is 2.26. The zero-order chi connectivity index (χ0) is 26.2. The van der Waals surface area contributed by atoms with Crippen molar-refractivity contribution in [3.8, 4) is 0 Å². The molecule has 4 rings (SSSR count). The van der Waals surface area contributed by atoms with Crippen LogP contribution in [0.3, 0.4) is 0 Å². The SMILES string of the molecule is CN1COCN(Cc2cnc(Cl)s2)/C1=N/[N+](=O)[O-].CN1COCN(Cc2cnc(Cl)s2)/C1=N/[N+](=O)[O-]. The van der Waals surface area contributed by atoms with E-state index in [9.17, 15) is 20.2 Å². The summed E-state index contributed by atoms with van der Waals surface area (Å²) in [6.07, 6.45) is 3.26. The summed E-state index contributed by atoms with van der Waals surface area (Å²) < 4.78 is 11.4. The largest absolute Gasteiger partial charge is 0.341 e.